The van der Waals surface area contributed by atoms with E-state index in [1.165, 1.54) is 23.1 Å². The molecule has 0 radical (unpaired) electrons. The van der Waals surface area contributed by atoms with E-state index < -0.39 is 0 Å². The summed E-state index contributed by atoms with van der Waals surface area (Å²) in [4.78, 5) is 0. The molecule has 1 nitrogen and oxygen atoms in total. The first-order valence-electron chi connectivity index (χ1n) is 4.91. The molecule has 0 saturated heterocycles. The Morgan fingerprint density at radius 3 is 2.69 bits per heavy atom. The molecule has 0 spiro atoms. The molecule has 0 aliphatic heterocycles. The van der Waals surface area contributed by atoms with E-state index >= 15 is 0 Å². The normalized spacial score (nSPS) is 18.7. The summed E-state index contributed by atoms with van der Waals surface area (Å²) in [5, 5.41) is 0. The van der Waals surface area contributed by atoms with Gasteiger partial charge in [-0.15, -0.1) is 0 Å². The number of anilines is 1. The Bertz CT molecular complexity index is 350. The number of fused-ring (bicyclic) bond motifs is 1. The lowest BCUT2D eigenvalue weighted by atomic mass is 9.86. The highest BCUT2D eigenvalue weighted by Gasteiger charge is 2.30. The molecule has 2 N–H and O–H groups in total. The van der Waals surface area contributed by atoms with Crippen LogP contribution in [0.4, 0.5) is 5.69 Å². The molecule has 0 saturated carbocycles. The summed E-state index contributed by atoms with van der Waals surface area (Å²) in [6.07, 6.45) is 2.38. The maximum Gasteiger partial charge on any atom is 0.0379 e. The van der Waals surface area contributed by atoms with Gasteiger partial charge in [0, 0.05) is 5.69 Å². The van der Waals surface area contributed by atoms with E-state index in [0.717, 1.165) is 12.1 Å². The fourth-order valence-electron chi connectivity index (χ4n) is 2.26. The van der Waals surface area contributed by atoms with Gasteiger partial charge in [-0.25, -0.2) is 0 Å². The van der Waals surface area contributed by atoms with Crippen molar-refractivity contribution >= 4 is 5.69 Å². The zero-order valence-corrected chi connectivity index (χ0v) is 8.65. The molecule has 1 aliphatic carbocycles. The number of nitrogen functional groups attached to an aromatic ring is 1. The summed E-state index contributed by atoms with van der Waals surface area (Å²) < 4.78 is 0. The zero-order chi connectivity index (χ0) is 9.64. The van der Waals surface area contributed by atoms with Gasteiger partial charge in [-0.2, -0.15) is 0 Å². The molecule has 0 atom stereocenters. The van der Waals surface area contributed by atoms with E-state index in [9.17, 15) is 0 Å². The van der Waals surface area contributed by atoms with Crippen LogP contribution < -0.4 is 5.73 Å². The van der Waals surface area contributed by atoms with Crippen molar-refractivity contribution in [3.63, 3.8) is 0 Å². The number of benzene rings is 1. The smallest absolute Gasteiger partial charge is 0.0379 e. The quantitative estimate of drug-likeness (QED) is 0.603. The lowest BCUT2D eigenvalue weighted by Crippen LogP contribution is -2.12. The first-order valence-corrected chi connectivity index (χ1v) is 4.91. The second-order valence-corrected chi connectivity index (χ2v) is 4.71. The molecular weight excluding hydrogens is 158 g/mol. The second kappa shape index (κ2) is 2.50. The second-order valence-electron chi connectivity index (χ2n) is 4.71. The van der Waals surface area contributed by atoms with Crippen LogP contribution in [-0.4, -0.2) is 0 Å². The van der Waals surface area contributed by atoms with Gasteiger partial charge in [0.2, 0.25) is 0 Å². The summed E-state index contributed by atoms with van der Waals surface area (Å²) in [7, 11) is 0. The molecule has 70 valence electrons. The predicted molar refractivity (Wildman–Crippen MR) is 56.9 cm³/mol. The number of nitrogens with two attached hydrogens (primary N) is 1. The van der Waals surface area contributed by atoms with Gasteiger partial charge in [-0.1, -0.05) is 26.0 Å². The Morgan fingerprint density at radius 2 is 2.00 bits per heavy atom. The van der Waals surface area contributed by atoms with Gasteiger partial charge in [0.05, 0.1) is 0 Å². The molecule has 1 aliphatic rings. The molecular formula is C12H17N. The number of aryl methyl sites for hydroxylation is 1. The molecule has 0 heterocycles. The molecule has 0 bridgehead atoms. The summed E-state index contributed by atoms with van der Waals surface area (Å²) >= 11 is 0. The third kappa shape index (κ3) is 1.14. The van der Waals surface area contributed by atoms with Crippen LogP contribution in [0.5, 0.6) is 0 Å². The van der Waals surface area contributed by atoms with E-state index in [4.69, 9.17) is 5.73 Å². The molecule has 0 unspecified atom stereocenters. The Labute approximate surface area is 80.0 Å². The fourth-order valence-corrected chi connectivity index (χ4v) is 2.26. The van der Waals surface area contributed by atoms with E-state index in [1.807, 2.05) is 0 Å². The average Bonchev–Trinajstić information content (AvgIpc) is 2.35. The summed E-state index contributed by atoms with van der Waals surface area (Å²) in [5.41, 5.74) is 11.5. The third-order valence-electron chi connectivity index (χ3n) is 3.30. The number of hydrogen-bond acceptors (Lipinski definition) is 1. The van der Waals surface area contributed by atoms with Crippen LogP contribution >= 0.6 is 0 Å². The van der Waals surface area contributed by atoms with E-state index in [2.05, 4.69) is 32.9 Å². The maximum atomic E-state index is 6.06. The van der Waals surface area contributed by atoms with Crippen molar-refractivity contribution < 1.29 is 0 Å². The largest absolute Gasteiger partial charge is 0.398 e. The Balaban J connectivity index is 2.64. The minimum atomic E-state index is 0.331. The van der Waals surface area contributed by atoms with Crippen LogP contribution in [0.3, 0.4) is 0 Å². The summed E-state index contributed by atoms with van der Waals surface area (Å²) in [6.45, 7) is 6.68. The molecule has 0 aromatic heterocycles. The van der Waals surface area contributed by atoms with Gasteiger partial charge in [0.25, 0.3) is 0 Å². The van der Waals surface area contributed by atoms with E-state index in [1.54, 1.807) is 0 Å². The predicted octanol–water partition coefficient (Wildman–Crippen LogP) is 2.80. The highest BCUT2D eigenvalue weighted by Crippen LogP contribution is 2.41. The summed E-state index contributed by atoms with van der Waals surface area (Å²) in [5.74, 6) is 0. The standard InChI is InChI=1S/C12H17N/c1-8-4-5-10-9(11(8)13)6-7-12(10,2)3/h4-5H,6-7,13H2,1-3H3. The maximum absolute atomic E-state index is 6.06. The van der Waals surface area contributed by atoms with Gasteiger partial charge in [-0.3, -0.25) is 0 Å². The van der Waals surface area contributed by atoms with Gasteiger partial charge >= 0.3 is 0 Å². The lowest BCUT2D eigenvalue weighted by Gasteiger charge is -2.19. The molecule has 1 heteroatoms. The first-order chi connectivity index (χ1) is 6.02. The van der Waals surface area contributed by atoms with Crippen molar-refractivity contribution in [3.05, 3.63) is 28.8 Å². The molecule has 1 aromatic carbocycles. The van der Waals surface area contributed by atoms with Crippen LogP contribution in [0.15, 0.2) is 12.1 Å². The first kappa shape index (κ1) is 8.61. The van der Waals surface area contributed by atoms with Gasteiger partial charge in [-0.05, 0) is 41.9 Å². The van der Waals surface area contributed by atoms with Crippen LogP contribution in [0, 0.1) is 6.92 Å². The van der Waals surface area contributed by atoms with E-state index in [0.29, 0.717) is 5.41 Å². The average molecular weight is 175 g/mol. The SMILES string of the molecule is Cc1ccc2c(c1N)CCC2(C)C. The topological polar surface area (TPSA) is 26.0 Å². The fraction of sp³-hybridized carbons (Fsp3) is 0.500. The Kier molecular flexibility index (Phi) is 1.66. The Morgan fingerprint density at radius 1 is 1.31 bits per heavy atom. The minimum Gasteiger partial charge on any atom is -0.398 e. The van der Waals surface area contributed by atoms with Crippen molar-refractivity contribution in [2.24, 2.45) is 0 Å². The molecule has 0 fully saturated rings. The highest BCUT2D eigenvalue weighted by molar-refractivity contribution is 5.60. The van der Waals surface area contributed by atoms with Crippen LogP contribution in [0.25, 0.3) is 0 Å². The minimum absolute atomic E-state index is 0.331. The third-order valence-corrected chi connectivity index (χ3v) is 3.30. The monoisotopic (exact) mass is 175 g/mol. The van der Waals surface area contributed by atoms with Gasteiger partial charge in [0.1, 0.15) is 0 Å². The van der Waals surface area contributed by atoms with Crippen molar-refractivity contribution in [2.45, 2.75) is 39.0 Å². The molecule has 0 amide bonds. The van der Waals surface area contributed by atoms with Crippen molar-refractivity contribution in [1.29, 1.82) is 0 Å². The highest BCUT2D eigenvalue weighted by atomic mass is 14.6. The number of rotatable bonds is 0. The van der Waals surface area contributed by atoms with Crippen LogP contribution in [0.1, 0.15) is 37.0 Å². The van der Waals surface area contributed by atoms with Crippen molar-refractivity contribution in [1.82, 2.24) is 0 Å². The summed E-state index contributed by atoms with van der Waals surface area (Å²) in [6, 6.07) is 4.38. The zero-order valence-electron chi connectivity index (χ0n) is 8.65. The van der Waals surface area contributed by atoms with Crippen LogP contribution in [0.2, 0.25) is 0 Å². The molecule has 2 rings (SSSR count). The van der Waals surface area contributed by atoms with Crippen molar-refractivity contribution in [3.8, 4) is 0 Å². The van der Waals surface area contributed by atoms with Gasteiger partial charge < -0.3 is 5.73 Å². The van der Waals surface area contributed by atoms with Gasteiger partial charge in [0.15, 0.2) is 0 Å². The van der Waals surface area contributed by atoms with Crippen molar-refractivity contribution in [2.75, 3.05) is 5.73 Å². The molecule has 1 aromatic rings. The Hall–Kier alpha value is -0.980. The molecule has 13 heavy (non-hydrogen) atoms. The van der Waals surface area contributed by atoms with E-state index in [-0.39, 0.29) is 0 Å². The van der Waals surface area contributed by atoms with Crippen LogP contribution in [-0.2, 0) is 11.8 Å². The lowest BCUT2D eigenvalue weighted by molar-refractivity contribution is 0.522. The number of hydrogen-bond donors (Lipinski definition) is 1.